The van der Waals surface area contributed by atoms with E-state index in [1.54, 1.807) is 0 Å². The normalized spacial score (nSPS) is 10.6. The number of aromatic carboxylic acids is 1. The number of nitrogens with zero attached hydrogens (tertiary/aromatic N) is 2. The van der Waals surface area contributed by atoms with E-state index in [1.807, 2.05) is 0 Å². The first kappa shape index (κ1) is 16.9. The molecule has 2 N–H and O–H groups in total. The predicted molar refractivity (Wildman–Crippen MR) is 81.0 cm³/mol. The summed E-state index contributed by atoms with van der Waals surface area (Å²) in [6.45, 7) is 7.57. The van der Waals surface area contributed by atoms with Crippen LogP contribution in [0.3, 0.4) is 0 Å². The van der Waals surface area contributed by atoms with E-state index in [0.717, 1.165) is 26.1 Å². The molecule has 1 rings (SSSR count). The molecule has 0 unspecified atom stereocenters. The lowest BCUT2D eigenvalue weighted by atomic mass is 10.1. The van der Waals surface area contributed by atoms with Gasteiger partial charge in [0, 0.05) is 18.7 Å². The molecule has 1 aromatic carbocycles. The molecule has 0 amide bonds. The molecule has 0 fully saturated rings. The number of nitro benzene ring substituents is 1. The van der Waals surface area contributed by atoms with E-state index in [0.29, 0.717) is 6.54 Å². The average Bonchev–Trinajstić information content (AvgIpc) is 2.47. The molecule has 7 nitrogen and oxygen atoms in total. The van der Waals surface area contributed by atoms with Gasteiger partial charge in [-0.25, -0.2) is 4.79 Å². The molecule has 1 aromatic rings. The highest BCUT2D eigenvalue weighted by molar-refractivity contribution is 5.94. The van der Waals surface area contributed by atoms with Crippen LogP contribution < -0.4 is 5.32 Å². The average molecular weight is 295 g/mol. The summed E-state index contributed by atoms with van der Waals surface area (Å²) in [5.41, 5.74) is 0.214. The van der Waals surface area contributed by atoms with E-state index >= 15 is 0 Å². The van der Waals surface area contributed by atoms with Gasteiger partial charge in [0.15, 0.2) is 0 Å². The summed E-state index contributed by atoms with van der Waals surface area (Å²) in [4.78, 5) is 23.6. The van der Waals surface area contributed by atoms with Gasteiger partial charge in [0.1, 0.15) is 0 Å². The number of hydrogen-bond acceptors (Lipinski definition) is 5. The Kier molecular flexibility index (Phi) is 6.61. The zero-order valence-corrected chi connectivity index (χ0v) is 12.3. The van der Waals surface area contributed by atoms with Crippen molar-refractivity contribution in [1.82, 2.24) is 4.90 Å². The molecule has 0 bridgehead atoms. The number of benzene rings is 1. The topological polar surface area (TPSA) is 95.7 Å². The van der Waals surface area contributed by atoms with Crippen LogP contribution in [0.15, 0.2) is 18.2 Å². The minimum Gasteiger partial charge on any atom is -0.478 e. The molecule has 0 aliphatic heterocycles. The number of carboxylic acids is 1. The summed E-state index contributed by atoms with van der Waals surface area (Å²) in [6.07, 6.45) is 0.837. The molecule has 0 aliphatic carbocycles. The Hall–Kier alpha value is -2.15. The third kappa shape index (κ3) is 5.03. The van der Waals surface area contributed by atoms with Crippen LogP contribution in [0.1, 0.15) is 30.6 Å². The number of carbonyl (C=O) groups is 1. The molecule has 0 radical (unpaired) electrons. The molecule has 0 aromatic heterocycles. The maximum absolute atomic E-state index is 11.1. The molecule has 0 saturated heterocycles. The Morgan fingerprint density at radius 3 is 2.57 bits per heavy atom. The molecular weight excluding hydrogens is 274 g/mol. The van der Waals surface area contributed by atoms with Crippen LogP contribution in [0, 0.1) is 10.1 Å². The van der Waals surface area contributed by atoms with Gasteiger partial charge in [0.25, 0.3) is 5.69 Å². The van der Waals surface area contributed by atoms with E-state index in [9.17, 15) is 14.9 Å². The first-order valence-electron chi connectivity index (χ1n) is 6.97. The van der Waals surface area contributed by atoms with Gasteiger partial charge >= 0.3 is 5.97 Å². The Labute approximate surface area is 123 Å². The maximum atomic E-state index is 11.1. The van der Waals surface area contributed by atoms with Gasteiger partial charge in [-0.05, 0) is 32.1 Å². The third-order valence-corrected chi connectivity index (χ3v) is 3.31. The van der Waals surface area contributed by atoms with Gasteiger partial charge in [-0.3, -0.25) is 10.1 Å². The van der Waals surface area contributed by atoms with Gasteiger partial charge in [-0.2, -0.15) is 0 Å². The van der Waals surface area contributed by atoms with E-state index in [-0.39, 0.29) is 16.9 Å². The Morgan fingerprint density at radius 2 is 2.05 bits per heavy atom. The second kappa shape index (κ2) is 8.21. The van der Waals surface area contributed by atoms with E-state index < -0.39 is 10.9 Å². The van der Waals surface area contributed by atoms with Crippen LogP contribution in [0.5, 0.6) is 0 Å². The van der Waals surface area contributed by atoms with Crippen molar-refractivity contribution >= 4 is 17.3 Å². The van der Waals surface area contributed by atoms with Crippen molar-refractivity contribution < 1.29 is 14.8 Å². The number of nitro groups is 1. The standard InChI is InChI=1S/C14H21N3O4/c1-3-16(4-2)9-5-8-15-13-10-11(17(20)21)6-7-12(13)14(18)19/h6-7,10,15H,3-5,8-9H2,1-2H3,(H,18,19). The lowest BCUT2D eigenvalue weighted by molar-refractivity contribution is -0.384. The second-order valence-corrected chi connectivity index (χ2v) is 4.60. The number of non-ortho nitro benzene ring substituents is 1. The quantitative estimate of drug-likeness (QED) is 0.412. The summed E-state index contributed by atoms with van der Waals surface area (Å²) >= 11 is 0. The van der Waals surface area contributed by atoms with Gasteiger partial charge < -0.3 is 15.3 Å². The fraction of sp³-hybridized carbons (Fsp3) is 0.500. The van der Waals surface area contributed by atoms with Crippen molar-refractivity contribution in [3.05, 3.63) is 33.9 Å². The molecule has 0 saturated carbocycles. The van der Waals surface area contributed by atoms with Crippen LogP contribution in [-0.2, 0) is 0 Å². The SMILES string of the molecule is CCN(CC)CCCNc1cc([N+](=O)[O-])ccc1C(=O)O. The molecule has 0 spiro atoms. The molecule has 0 heterocycles. The number of anilines is 1. The summed E-state index contributed by atoms with van der Waals surface area (Å²) in [6, 6.07) is 3.72. The van der Waals surface area contributed by atoms with Crippen LogP contribution in [0.2, 0.25) is 0 Å². The highest BCUT2D eigenvalue weighted by Crippen LogP contribution is 2.22. The van der Waals surface area contributed by atoms with Gasteiger partial charge in [-0.15, -0.1) is 0 Å². The summed E-state index contributed by atoms with van der Waals surface area (Å²) < 4.78 is 0. The first-order valence-corrected chi connectivity index (χ1v) is 6.97. The second-order valence-electron chi connectivity index (χ2n) is 4.60. The Morgan fingerprint density at radius 1 is 1.38 bits per heavy atom. The predicted octanol–water partition coefficient (Wildman–Crippen LogP) is 2.44. The lowest BCUT2D eigenvalue weighted by Crippen LogP contribution is -2.25. The van der Waals surface area contributed by atoms with Crippen molar-refractivity contribution in [2.24, 2.45) is 0 Å². The zero-order chi connectivity index (χ0) is 15.8. The number of nitrogens with one attached hydrogen (secondary N) is 1. The Bertz CT molecular complexity index is 501. The van der Waals surface area contributed by atoms with E-state index in [2.05, 4.69) is 24.1 Å². The van der Waals surface area contributed by atoms with Crippen LogP contribution in [-0.4, -0.2) is 47.1 Å². The van der Waals surface area contributed by atoms with Gasteiger partial charge in [0.05, 0.1) is 16.2 Å². The fourth-order valence-electron chi connectivity index (χ4n) is 2.04. The highest BCUT2D eigenvalue weighted by Gasteiger charge is 2.15. The van der Waals surface area contributed by atoms with Crippen molar-refractivity contribution in [2.45, 2.75) is 20.3 Å². The molecule has 21 heavy (non-hydrogen) atoms. The molecular formula is C14H21N3O4. The molecule has 0 aliphatic rings. The third-order valence-electron chi connectivity index (χ3n) is 3.31. The monoisotopic (exact) mass is 295 g/mol. The molecule has 0 atom stereocenters. The smallest absolute Gasteiger partial charge is 0.337 e. The summed E-state index contributed by atoms with van der Waals surface area (Å²) in [5.74, 6) is -1.10. The Balaban J connectivity index is 2.69. The van der Waals surface area contributed by atoms with Crippen molar-refractivity contribution in [3.63, 3.8) is 0 Å². The highest BCUT2D eigenvalue weighted by atomic mass is 16.6. The largest absolute Gasteiger partial charge is 0.478 e. The van der Waals surface area contributed by atoms with Crippen LogP contribution in [0.4, 0.5) is 11.4 Å². The number of hydrogen-bond donors (Lipinski definition) is 2. The van der Waals surface area contributed by atoms with Crippen LogP contribution in [0.25, 0.3) is 0 Å². The van der Waals surface area contributed by atoms with Gasteiger partial charge in [-0.1, -0.05) is 13.8 Å². The van der Waals surface area contributed by atoms with Crippen LogP contribution >= 0.6 is 0 Å². The first-order chi connectivity index (χ1) is 9.99. The lowest BCUT2D eigenvalue weighted by Gasteiger charge is -2.18. The minimum atomic E-state index is -1.10. The molecule has 116 valence electrons. The van der Waals surface area contributed by atoms with Crippen molar-refractivity contribution in [2.75, 3.05) is 31.5 Å². The van der Waals surface area contributed by atoms with Crippen molar-refractivity contribution in [3.8, 4) is 0 Å². The minimum absolute atomic E-state index is 0.0449. The fourth-order valence-corrected chi connectivity index (χ4v) is 2.04. The van der Waals surface area contributed by atoms with Crippen molar-refractivity contribution in [1.29, 1.82) is 0 Å². The van der Waals surface area contributed by atoms with E-state index in [4.69, 9.17) is 5.11 Å². The zero-order valence-electron chi connectivity index (χ0n) is 12.3. The number of carboxylic acid groups (broad SMARTS) is 1. The number of rotatable bonds is 9. The molecule has 7 heteroatoms. The summed E-state index contributed by atoms with van der Waals surface area (Å²) in [5, 5.41) is 22.8. The summed E-state index contributed by atoms with van der Waals surface area (Å²) in [7, 11) is 0. The maximum Gasteiger partial charge on any atom is 0.337 e. The van der Waals surface area contributed by atoms with E-state index in [1.165, 1.54) is 18.2 Å². The van der Waals surface area contributed by atoms with Gasteiger partial charge in [0.2, 0.25) is 0 Å².